The van der Waals surface area contributed by atoms with Crippen molar-refractivity contribution < 1.29 is 18.7 Å². The number of fused-ring (bicyclic) bond motifs is 1. The molecule has 3 rings (SSSR count). The van der Waals surface area contributed by atoms with Crippen molar-refractivity contribution in [2.45, 2.75) is 39.4 Å². The number of carboxylic acids is 1. The summed E-state index contributed by atoms with van der Waals surface area (Å²) in [5, 5.41) is 12.2. The SMILES string of the molecule is CCNC1CN(c2c(F)cc3c(=O)c(C(=O)O)cn(CC)c3c2F)C1C. The zero-order chi connectivity index (χ0) is 19.2. The molecule has 0 spiro atoms. The molecule has 2 N–H and O–H groups in total. The van der Waals surface area contributed by atoms with Crippen molar-refractivity contribution in [2.24, 2.45) is 0 Å². The second kappa shape index (κ2) is 6.68. The first-order chi connectivity index (χ1) is 12.3. The molecule has 2 aromatic rings. The number of carboxylic acid groups (broad SMARTS) is 1. The van der Waals surface area contributed by atoms with Crippen molar-refractivity contribution >= 4 is 22.6 Å². The van der Waals surface area contributed by atoms with Gasteiger partial charge in [-0.2, -0.15) is 0 Å². The summed E-state index contributed by atoms with van der Waals surface area (Å²) in [6, 6.07) is 0.982. The fourth-order valence-electron chi connectivity index (χ4n) is 3.54. The van der Waals surface area contributed by atoms with Gasteiger partial charge in [0.1, 0.15) is 17.1 Å². The summed E-state index contributed by atoms with van der Waals surface area (Å²) in [5.74, 6) is -3.12. The Morgan fingerprint density at radius 2 is 2.08 bits per heavy atom. The highest BCUT2D eigenvalue weighted by Crippen LogP contribution is 2.35. The lowest BCUT2D eigenvalue weighted by atomic mass is 9.96. The molecule has 0 amide bonds. The summed E-state index contributed by atoms with van der Waals surface area (Å²) < 4.78 is 31.3. The Bertz CT molecular complexity index is 942. The van der Waals surface area contributed by atoms with Gasteiger partial charge in [0, 0.05) is 31.4 Å². The maximum atomic E-state index is 15.2. The number of hydrogen-bond donors (Lipinski definition) is 2. The highest BCUT2D eigenvalue weighted by Gasteiger charge is 2.38. The Hall–Kier alpha value is -2.48. The van der Waals surface area contributed by atoms with Gasteiger partial charge < -0.3 is 19.9 Å². The van der Waals surface area contributed by atoms with E-state index in [1.807, 2.05) is 13.8 Å². The first-order valence-corrected chi connectivity index (χ1v) is 8.60. The fourth-order valence-corrected chi connectivity index (χ4v) is 3.54. The lowest BCUT2D eigenvalue weighted by Gasteiger charge is -2.48. The van der Waals surface area contributed by atoms with Gasteiger partial charge in [0.05, 0.1) is 10.9 Å². The number of carbonyl (C=O) groups is 1. The number of likely N-dealkylation sites (N-methyl/N-ethyl adjacent to an activating group) is 1. The summed E-state index contributed by atoms with van der Waals surface area (Å²) >= 11 is 0. The molecule has 0 bridgehead atoms. The summed E-state index contributed by atoms with van der Waals surface area (Å²) in [4.78, 5) is 25.2. The molecule has 26 heavy (non-hydrogen) atoms. The highest BCUT2D eigenvalue weighted by molar-refractivity contribution is 5.94. The lowest BCUT2D eigenvalue weighted by molar-refractivity contribution is 0.0695. The molecule has 8 heteroatoms. The van der Waals surface area contributed by atoms with E-state index < -0.39 is 28.6 Å². The van der Waals surface area contributed by atoms with Crippen molar-refractivity contribution in [3.05, 3.63) is 39.7 Å². The van der Waals surface area contributed by atoms with E-state index in [1.165, 1.54) is 4.57 Å². The molecule has 1 aromatic carbocycles. The van der Waals surface area contributed by atoms with Crippen molar-refractivity contribution in [3.63, 3.8) is 0 Å². The zero-order valence-corrected chi connectivity index (χ0v) is 14.8. The van der Waals surface area contributed by atoms with E-state index in [2.05, 4.69) is 5.32 Å². The van der Waals surface area contributed by atoms with Gasteiger partial charge in [0.2, 0.25) is 5.43 Å². The lowest BCUT2D eigenvalue weighted by Crippen LogP contribution is -2.65. The first kappa shape index (κ1) is 18.3. The molecule has 1 aromatic heterocycles. The third-order valence-electron chi connectivity index (χ3n) is 5.02. The number of pyridine rings is 1. The molecule has 0 saturated carbocycles. The number of aromatic nitrogens is 1. The Balaban J connectivity index is 2.21. The minimum absolute atomic E-state index is 0.0713. The number of halogens is 2. The summed E-state index contributed by atoms with van der Waals surface area (Å²) in [7, 11) is 0. The molecule has 1 aliphatic rings. The molecule has 6 nitrogen and oxygen atoms in total. The van der Waals surface area contributed by atoms with Crippen LogP contribution in [0.1, 0.15) is 31.1 Å². The smallest absolute Gasteiger partial charge is 0.341 e. The normalized spacial score (nSPS) is 19.7. The minimum atomic E-state index is -1.42. The molecule has 2 heterocycles. The monoisotopic (exact) mass is 365 g/mol. The first-order valence-electron chi connectivity index (χ1n) is 8.60. The molecule has 140 valence electrons. The Morgan fingerprint density at radius 3 is 2.62 bits per heavy atom. The second-order valence-corrected chi connectivity index (χ2v) is 6.44. The molecule has 1 saturated heterocycles. The fraction of sp³-hybridized carbons (Fsp3) is 0.444. The van der Waals surface area contributed by atoms with Crippen molar-refractivity contribution in [2.75, 3.05) is 18.0 Å². The number of hydrogen-bond acceptors (Lipinski definition) is 4. The van der Waals surface area contributed by atoms with Crippen LogP contribution in [0.25, 0.3) is 10.9 Å². The van der Waals surface area contributed by atoms with Crippen LogP contribution in [0.2, 0.25) is 0 Å². The average molecular weight is 365 g/mol. The molecule has 0 aliphatic carbocycles. The standard InChI is InChI=1S/C18H21F2N3O3/c1-4-21-13-8-23(9(13)3)16-12(19)6-10-15(14(16)20)22(5-2)7-11(17(10)24)18(25)26/h6-7,9,13,21H,4-5,8H2,1-3H3,(H,25,26). The second-order valence-electron chi connectivity index (χ2n) is 6.44. The van der Waals surface area contributed by atoms with Gasteiger partial charge in [0.25, 0.3) is 0 Å². The molecular weight excluding hydrogens is 344 g/mol. The minimum Gasteiger partial charge on any atom is -0.477 e. The Kier molecular flexibility index (Phi) is 4.70. The molecule has 2 unspecified atom stereocenters. The van der Waals surface area contributed by atoms with Crippen LogP contribution >= 0.6 is 0 Å². The van der Waals surface area contributed by atoms with Crippen LogP contribution in [0, 0.1) is 11.6 Å². The van der Waals surface area contributed by atoms with E-state index in [1.54, 1.807) is 11.8 Å². The van der Waals surface area contributed by atoms with E-state index in [0.717, 1.165) is 18.8 Å². The molecule has 1 fully saturated rings. The van der Waals surface area contributed by atoms with Crippen LogP contribution in [0.15, 0.2) is 17.1 Å². The molecule has 1 aliphatic heterocycles. The van der Waals surface area contributed by atoms with Gasteiger partial charge in [-0.05, 0) is 26.5 Å². The number of aromatic carboxylic acids is 1. The van der Waals surface area contributed by atoms with Gasteiger partial charge >= 0.3 is 5.97 Å². The molecular formula is C18H21F2N3O3. The van der Waals surface area contributed by atoms with Crippen molar-refractivity contribution in [1.82, 2.24) is 9.88 Å². The number of nitrogens with zero attached hydrogens (tertiary/aromatic N) is 2. The molecule has 0 radical (unpaired) electrons. The van der Waals surface area contributed by atoms with E-state index in [9.17, 15) is 19.1 Å². The van der Waals surface area contributed by atoms with E-state index in [-0.39, 0.29) is 35.2 Å². The third-order valence-corrected chi connectivity index (χ3v) is 5.02. The van der Waals surface area contributed by atoms with Crippen LogP contribution in [-0.4, -0.2) is 40.8 Å². The number of rotatable bonds is 5. The maximum absolute atomic E-state index is 15.2. The quantitative estimate of drug-likeness (QED) is 0.850. The van der Waals surface area contributed by atoms with Crippen LogP contribution in [0.4, 0.5) is 14.5 Å². The topological polar surface area (TPSA) is 74.6 Å². The van der Waals surface area contributed by atoms with Crippen LogP contribution in [0.3, 0.4) is 0 Å². The Labute approximate surface area is 149 Å². The molecule has 2 atom stereocenters. The summed E-state index contributed by atoms with van der Waals surface area (Å²) in [6.45, 7) is 7.00. The van der Waals surface area contributed by atoms with Gasteiger partial charge in [-0.15, -0.1) is 0 Å². The summed E-state index contributed by atoms with van der Waals surface area (Å²) in [5.41, 5.74) is -1.64. The average Bonchev–Trinajstić information content (AvgIpc) is 2.60. The van der Waals surface area contributed by atoms with Crippen LogP contribution in [-0.2, 0) is 6.54 Å². The van der Waals surface area contributed by atoms with E-state index in [0.29, 0.717) is 6.54 Å². The van der Waals surface area contributed by atoms with Crippen molar-refractivity contribution in [3.8, 4) is 0 Å². The van der Waals surface area contributed by atoms with Crippen LogP contribution < -0.4 is 15.6 Å². The van der Waals surface area contributed by atoms with Gasteiger partial charge in [-0.1, -0.05) is 6.92 Å². The number of anilines is 1. The number of benzene rings is 1. The Morgan fingerprint density at radius 1 is 1.38 bits per heavy atom. The van der Waals surface area contributed by atoms with Gasteiger partial charge in [-0.3, -0.25) is 4.79 Å². The maximum Gasteiger partial charge on any atom is 0.341 e. The van der Waals surface area contributed by atoms with E-state index in [4.69, 9.17) is 0 Å². The van der Waals surface area contributed by atoms with Crippen LogP contribution in [0.5, 0.6) is 0 Å². The predicted octanol–water partition coefficient (Wildman–Crippen LogP) is 2.18. The number of nitrogens with one attached hydrogen (secondary N) is 1. The van der Waals surface area contributed by atoms with E-state index >= 15 is 4.39 Å². The highest BCUT2D eigenvalue weighted by atomic mass is 19.1. The zero-order valence-electron chi connectivity index (χ0n) is 14.8. The number of aryl methyl sites for hydroxylation is 1. The van der Waals surface area contributed by atoms with Gasteiger partial charge in [-0.25, -0.2) is 13.6 Å². The third kappa shape index (κ3) is 2.65. The van der Waals surface area contributed by atoms with Gasteiger partial charge in [0.15, 0.2) is 5.82 Å². The predicted molar refractivity (Wildman–Crippen MR) is 95.0 cm³/mol. The van der Waals surface area contributed by atoms with Crippen molar-refractivity contribution in [1.29, 1.82) is 0 Å². The summed E-state index contributed by atoms with van der Waals surface area (Å²) in [6.07, 6.45) is 1.11. The largest absolute Gasteiger partial charge is 0.477 e.